The van der Waals surface area contributed by atoms with E-state index in [-0.39, 0.29) is 11.4 Å². The molecule has 0 atom stereocenters. The lowest BCUT2D eigenvalue weighted by atomic mass is 10.2. The average Bonchev–Trinajstić information content (AvgIpc) is 2.17. The number of pyridine rings is 1. The molecule has 5 N–H and O–H groups in total. The van der Waals surface area contributed by atoms with Crippen molar-refractivity contribution >= 4 is 27.6 Å². The fourth-order valence-electron chi connectivity index (χ4n) is 1.11. The zero-order valence-corrected chi connectivity index (χ0v) is 10.1. The van der Waals surface area contributed by atoms with Crippen LogP contribution in [0.4, 0.5) is 0 Å². The Kier molecular flexibility index (Phi) is 3.86. The Bertz CT molecular complexity index is 428. The number of hydrogen-bond acceptors (Lipinski definition) is 5. The molecule has 0 saturated heterocycles. The number of carboxylic acid groups (broad SMARTS) is 1. The van der Waals surface area contributed by atoms with Crippen LogP contribution in [0.2, 0.25) is 0 Å². The zero-order chi connectivity index (χ0) is 12.3. The Balaban J connectivity index is 3.24. The monoisotopic (exact) mass is 286 g/mol. The van der Waals surface area contributed by atoms with Crippen molar-refractivity contribution in [3.8, 4) is 0 Å². The highest BCUT2D eigenvalue weighted by Crippen LogP contribution is 2.15. The lowest BCUT2D eigenvalue weighted by Crippen LogP contribution is -2.32. The van der Waals surface area contributed by atoms with Crippen molar-refractivity contribution in [1.29, 1.82) is 0 Å². The highest BCUT2D eigenvalue weighted by Gasteiger charge is 2.17. The molecule has 0 spiro atoms. The normalized spacial score (nSPS) is 11.9. The van der Waals surface area contributed by atoms with E-state index >= 15 is 0 Å². The first-order valence-electron chi connectivity index (χ1n) is 4.27. The van der Waals surface area contributed by atoms with Gasteiger partial charge in [0, 0.05) is 17.7 Å². The molecule has 16 heavy (non-hydrogen) atoms. The SMILES string of the molecule is CN(N)/C(C(=O)O)=C(\N)c1ccc(Br)cn1. The molecule has 0 aliphatic carbocycles. The number of hydrazine groups is 1. The van der Waals surface area contributed by atoms with Crippen molar-refractivity contribution < 1.29 is 9.90 Å². The zero-order valence-electron chi connectivity index (χ0n) is 8.51. The average molecular weight is 287 g/mol. The molecular weight excluding hydrogens is 276 g/mol. The predicted molar refractivity (Wildman–Crippen MR) is 62.6 cm³/mol. The third-order valence-electron chi connectivity index (χ3n) is 1.81. The molecule has 0 unspecified atom stereocenters. The second-order valence-corrected chi connectivity index (χ2v) is 3.96. The summed E-state index contributed by atoms with van der Waals surface area (Å²) in [4.78, 5) is 14.9. The second kappa shape index (κ2) is 4.95. The van der Waals surface area contributed by atoms with Crippen LogP contribution in [-0.4, -0.2) is 28.1 Å². The van der Waals surface area contributed by atoms with Crippen LogP contribution in [0.5, 0.6) is 0 Å². The minimum Gasteiger partial charge on any atom is -0.476 e. The first kappa shape index (κ1) is 12.5. The van der Waals surface area contributed by atoms with E-state index in [2.05, 4.69) is 20.9 Å². The molecule has 0 fully saturated rings. The Morgan fingerprint density at radius 1 is 1.56 bits per heavy atom. The van der Waals surface area contributed by atoms with Crippen LogP contribution in [0.3, 0.4) is 0 Å². The molecule has 1 aromatic rings. The van der Waals surface area contributed by atoms with Crippen LogP contribution >= 0.6 is 15.9 Å². The lowest BCUT2D eigenvalue weighted by molar-refractivity contribution is -0.134. The van der Waals surface area contributed by atoms with E-state index < -0.39 is 5.97 Å². The van der Waals surface area contributed by atoms with Gasteiger partial charge in [0.05, 0.1) is 11.4 Å². The van der Waals surface area contributed by atoms with Crippen molar-refractivity contribution in [2.45, 2.75) is 0 Å². The van der Waals surface area contributed by atoms with Gasteiger partial charge in [-0.05, 0) is 28.1 Å². The maximum atomic E-state index is 10.9. The number of carbonyl (C=O) groups is 1. The number of carboxylic acids is 1. The summed E-state index contributed by atoms with van der Waals surface area (Å²) in [7, 11) is 1.40. The minimum absolute atomic E-state index is 0.0185. The smallest absolute Gasteiger partial charge is 0.355 e. The molecule has 1 rings (SSSR count). The van der Waals surface area contributed by atoms with Crippen LogP contribution in [0.25, 0.3) is 5.70 Å². The highest BCUT2D eigenvalue weighted by molar-refractivity contribution is 9.10. The van der Waals surface area contributed by atoms with Crippen molar-refractivity contribution in [2.24, 2.45) is 11.6 Å². The molecule has 0 aliphatic rings. The molecule has 86 valence electrons. The van der Waals surface area contributed by atoms with E-state index in [0.29, 0.717) is 5.69 Å². The van der Waals surface area contributed by atoms with Gasteiger partial charge in [-0.1, -0.05) is 0 Å². The maximum absolute atomic E-state index is 10.9. The standard InChI is InChI=1S/C9H11BrN4O2/c1-14(12)8(9(15)16)7(11)6-3-2-5(10)4-13-6/h2-4H,11-12H2,1H3,(H,15,16)/b8-7-. The van der Waals surface area contributed by atoms with E-state index in [0.717, 1.165) is 9.48 Å². The third-order valence-corrected chi connectivity index (χ3v) is 2.28. The number of rotatable bonds is 3. The first-order chi connectivity index (χ1) is 7.43. The number of halogens is 1. The summed E-state index contributed by atoms with van der Waals surface area (Å²) in [5, 5.41) is 9.88. The molecule has 7 heteroatoms. The fraction of sp³-hybridized carbons (Fsp3) is 0.111. The van der Waals surface area contributed by atoms with Gasteiger partial charge in [0.1, 0.15) is 0 Å². The molecule has 0 aliphatic heterocycles. The first-order valence-corrected chi connectivity index (χ1v) is 5.06. The predicted octanol–water partition coefficient (Wildman–Crippen LogP) is 0.362. The molecular formula is C9H11BrN4O2. The van der Waals surface area contributed by atoms with Crippen LogP contribution in [-0.2, 0) is 4.79 Å². The van der Waals surface area contributed by atoms with E-state index in [9.17, 15) is 4.79 Å². The summed E-state index contributed by atoms with van der Waals surface area (Å²) in [6.07, 6.45) is 1.53. The number of hydrogen-bond donors (Lipinski definition) is 3. The van der Waals surface area contributed by atoms with Crippen molar-refractivity contribution in [1.82, 2.24) is 9.99 Å². The summed E-state index contributed by atoms with van der Waals surface area (Å²) in [5.41, 5.74) is 5.87. The van der Waals surface area contributed by atoms with E-state index in [4.69, 9.17) is 16.7 Å². The van der Waals surface area contributed by atoms with Gasteiger partial charge < -0.3 is 15.8 Å². The van der Waals surface area contributed by atoms with Crippen LogP contribution in [0.15, 0.2) is 28.5 Å². The Labute approximate surface area is 101 Å². The van der Waals surface area contributed by atoms with Gasteiger partial charge in [-0.15, -0.1) is 0 Å². The molecule has 0 saturated carbocycles. The molecule has 0 aromatic carbocycles. The van der Waals surface area contributed by atoms with Crippen LogP contribution in [0.1, 0.15) is 5.69 Å². The highest BCUT2D eigenvalue weighted by atomic mass is 79.9. The largest absolute Gasteiger partial charge is 0.476 e. The topological polar surface area (TPSA) is 105 Å². The van der Waals surface area contributed by atoms with Crippen molar-refractivity contribution in [2.75, 3.05) is 7.05 Å². The van der Waals surface area contributed by atoms with Crippen LogP contribution < -0.4 is 11.6 Å². The maximum Gasteiger partial charge on any atom is 0.355 e. The molecule has 0 amide bonds. The molecule has 6 nitrogen and oxygen atoms in total. The van der Waals surface area contributed by atoms with Gasteiger partial charge in [-0.3, -0.25) is 4.98 Å². The van der Waals surface area contributed by atoms with Gasteiger partial charge in [0.25, 0.3) is 0 Å². The van der Waals surface area contributed by atoms with Crippen molar-refractivity contribution in [3.63, 3.8) is 0 Å². The van der Waals surface area contributed by atoms with Gasteiger partial charge in [0.15, 0.2) is 5.70 Å². The van der Waals surface area contributed by atoms with E-state index in [1.54, 1.807) is 12.1 Å². The van der Waals surface area contributed by atoms with Gasteiger partial charge in [-0.25, -0.2) is 10.6 Å². The molecule has 1 heterocycles. The minimum atomic E-state index is -1.20. The Morgan fingerprint density at radius 3 is 2.56 bits per heavy atom. The Hall–Kier alpha value is -1.60. The summed E-state index contributed by atoms with van der Waals surface area (Å²) >= 11 is 3.22. The van der Waals surface area contributed by atoms with Gasteiger partial charge in [0.2, 0.25) is 0 Å². The number of likely N-dealkylation sites (N-methyl/N-ethyl adjacent to an activating group) is 1. The summed E-state index contributed by atoms with van der Waals surface area (Å²) < 4.78 is 0.780. The molecule has 0 bridgehead atoms. The summed E-state index contributed by atoms with van der Waals surface area (Å²) in [6, 6.07) is 3.32. The number of aromatic nitrogens is 1. The fourth-order valence-corrected chi connectivity index (χ4v) is 1.35. The third kappa shape index (κ3) is 2.71. The van der Waals surface area contributed by atoms with Crippen molar-refractivity contribution in [3.05, 3.63) is 34.2 Å². The number of aliphatic carboxylic acids is 1. The number of nitrogens with two attached hydrogens (primary N) is 2. The lowest BCUT2D eigenvalue weighted by Gasteiger charge is -2.15. The second-order valence-electron chi connectivity index (χ2n) is 3.04. The summed E-state index contributed by atoms with van der Waals surface area (Å²) in [6.45, 7) is 0. The quantitative estimate of drug-likeness (QED) is 0.421. The van der Waals surface area contributed by atoms with E-state index in [1.807, 2.05) is 0 Å². The molecule has 1 aromatic heterocycles. The Morgan fingerprint density at radius 2 is 2.19 bits per heavy atom. The van der Waals surface area contributed by atoms with E-state index in [1.165, 1.54) is 13.2 Å². The van der Waals surface area contributed by atoms with Gasteiger partial charge in [-0.2, -0.15) is 0 Å². The molecule has 0 radical (unpaired) electrons. The van der Waals surface area contributed by atoms with Crippen LogP contribution in [0, 0.1) is 0 Å². The summed E-state index contributed by atoms with van der Waals surface area (Å²) in [5.74, 6) is 4.18. The number of nitrogens with zero attached hydrogens (tertiary/aromatic N) is 2. The van der Waals surface area contributed by atoms with Gasteiger partial charge >= 0.3 is 5.97 Å².